The molecule has 1 aromatic heterocycles. The van der Waals surface area contributed by atoms with Gasteiger partial charge in [0.15, 0.2) is 0 Å². The summed E-state index contributed by atoms with van der Waals surface area (Å²) in [6.45, 7) is 0. The van der Waals surface area contributed by atoms with Crippen LogP contribution in [0, 0.1) is 0 Å². The molecule has 1 heterocycles. The molecule has 11 rings (SSSR count). The third-order valence-electron chi connectivity index (χ3n) is 10.8. The highest BCUT2D eigenvalue weighted by atomic mass is 16.3. The zero-order valence-electron chi connectivity index (χ0n) is 27.7. The van der Waals surface area contributed by atoms with E-state index in [1.54, 1.807) is 0 Å². The van der Waals surface area contributed by atoms with E-state index in [2.05, 4.69) is 182 Å². The molecule has 0 aliphatic heterocycles. The van der Waals surface area contributed by atoms with Gasteiger partial charge in [0.05, 0.1) is 0 Å². The Labute approximate surface area is 294 Å². The smallest absolute Gasteiger partial charge is 0.143 e. The first-order valence-electron chi connectivity index (χ1n) is 17.6. The summed E-state index contributed by atoms with van der Waals surface area (Å²) < 4.78 is 6.68. The third-order valence-corrected chi connectivity index (χ3v) is 10.8. The molecule has 0 amide bonds. The molecule has 0 aliphatic rings. The van der Waals surface area contributed by atoms with Gasteiger partial charge in [-0.15, -0.1) is 0 Å². The lowest BCUT2D eigenvalue weighted by atomic mass is 9.85. The van der Waals surface area contributed by atoms with Crippen LogP contribution in [0.15, 0.2) is 186 Å². The molecule has 11 aromatic rings. The second-order valence-electron chi connectivity index (χ2n) is 13.6. The quantitative estimate of drug-likeness (QED) is 0.138. The molecular formula is C50H30O. The topological polar surface area (TPSA) is 13.1 Å². The summed E-state index contributed by atoms with van der Waals surface area (Å²) >= 11 is 0. The molecule has 51 heavy (non-hydrogen) atoms. The maximum atomic E-state index is 6.68. The Hall–Kier alpha value is -6.70. The Morgan fingerprint density at radius 1 is 0.275 bits per heavy atom. The molecule has 0 bridgehead atoms. The average molecular weight is 647 g/mol. The van der Waals surface area contributed by atoms with Crippen molar-refractivity contribution in [1.82, 2.24) is 0 Å². The van der Waals surface area contributed by atoms with Crippen LogP contribution in [0.3, 0.4) is 0 Å². The van der Waals surface area contributed by atoms with Gasteiger partial charge in [-0.25, -0.2) is 0 Å². The van der Waals surface area contributed by atoms with Gasteiger partial charge in [-0.2, -0.15) is 0 Å². The Balaban J connectivity index is 1.16. The van der Waals surface area contributed by atoms with E-state index in [0.29, 0.717) is 0 Å². The van der Waals surface area contributed by atoms with Gasteiger partial charge in [-0.05, 0) is 106 Å². The van der Waals surface area contributed by atoms with E-state index in [0.717, 1.165) is 21.9 Å². The normalized spacial score (nSPS) is 11.9. The summed E-state index contributed by atoms with van der Waals surface area (Å²) in [5, 5.41) is 14.6. The number of rotatable bonds is 3. The zero-order chi connectivity index (χ0) is 33.5. The van der Waals surface area contributed by atoms with Crippen LogP contribution in [0.5, 0.6) is 0 Å². The van der Waals surface area contributed by atoms with Crippen LogP contribution in [0.4, 0.5) is 0 Å². The van der Waals surface area contributed by atoms with E-state index in [1.807, 2.05) is 0 Å². The van der Waals surface area contributed by atoms with Crippen LogP contribution in [-0.2, 0) is 0 Å². The molecule has 0 aliphatic carbocycles. The van der Waals surface area contributed by atoms with Crippen LogP contribution in [-0.4, -0.2) is 0 Å². The van der Waals surface area contributed by atoms with Crippen LogP contribution >= 0.6 is 0 Å². The number of fused-ring (bicyclic) bond motifs is 11. The van der Waals surface area contributed by atoms with Crippen LogP contribution in [0.25, 0.3) is 109 Å². The molecule has 0 unspecified atom stereocenters. The SMILES string of the molecule is c1ccc(-c2ccc3cc(-c4c5ccccc5c(-c5ccc6oc7c8ccccc8c8ccccc8c7c6c5)c5ccccc45)ccc3c2)cc1. The van der Waals surface area contributed by atoms with E-state index < -0.39 is 0 Å². The number of hydrogen-bond acceptors (Lipinski definition) is 1. The number of furan rings is 1. The van der Waals surface area contributed by atoms with Gasteiger partial charge < -0.3 is 4.42 Å². The molecule has 10 aromatic carbocycles. The fourth-order valence-electron chi connectivity index (χ4n) is 8.52. The Morgan fingerprint density at radius 2 is 0.725 bits per heavy atom. The highest BCUT2D eigenvalue weighted by Gasteiger charge is 2.20. The van der Waals surface area contributed by atoms with Crippen molar-refractivity contribution in [3.63, 3.8) is 0 Å². The minimum absolute atomic E-state index is 0.909. The number of benzene rings is 10. The van der Waals surface area contributed by atoms with E-state index in [9.17, 15) is 0 Å². The van der Waals surface area contributed by atoms with Gasteiger partial charge in [-0.1, -0.05) is 158 Å². The maximum absolute atomic E-state index is 6.68. The van der Waals surface area contributed by atoms with Gasteiger partial charge in [0.2, 0.25) is 0 Å². The molecule has 0 radical (unpaired) electrons. The summed E-state index contributed by atoms with van der Waals surface area (Å²) in [5.74, 6) is 0. The third kappa shape index (κ3) is 4.22. The van der Waals surface area contributed by atoms with Crippen molar-refractivity contribution in [2.45, 2.75) is 0 Å². The van der Waals surface area contributed by atoms with E-state index in [4.69, 9.17) is 4.42 Å². The molecule has 0 N–H and O–H groups in total. The van der Waals surface area contributed by atoms with Gasteiger partial charge in [0.25, 0.3) is 0 Å². The van der Waals surface area contributed by atoms with Crippen molar-refractivity contribution >= 4 is 75.8 Å². The van der Waals surface area contributed by atoms with Gasteiger partial charge >= 0.3 is 0 Å². The molecule has 0 fully saturated rings. The molecule has 0 atom stereocenters. The lowest BCUT2D eigenvalue weighted by Crippen LogP contribution is -1.91. The predicted molar refractivity (Wildman–Crippen MR) is 218 cm³/mol. The highest BCUT2D eigenvalue weighted by molar-refractivity contribution is 6.31. The zero-order valence-corrected chi connectivity index (χ0v) is 27.7. The molecule has 1 nitrogen and oxygen atoms in total. The van der Waals surface area contributed by atoms with Crippen molar-refractivity contribution in [2.24, 2.45) is 0 Å². The summed E-state index contributed by atoms with van der Waals surface area (Å²) in [6.07, 6.45) is 0. The van der Waals surface area contributed by atoms with Crippen molar-refractivity contribution in [2.75, 3.05) is 0 Å². The minimum Gasteiger partial charge on any atom is -0.455 e. The summed E-state index contributed by atoms with van der Waals surface area (Å²) in [4.78, 5) is 0. The highest BCUT2D eigenvalue weighted by Crippen LogP contribution is 2.47. The second kappa shape index (κ2) is 10.9. The minimum atomic E-state index is 0.909. The van der Waals surface area contributed by atoms with Gasteiger partial charge in [-0.3, -0.25) is 0 Å². The Bertz CT molecular complexity index is 3130. The molecule has 236 valence electrons. The first-order chi connectivity index (χ1) is 25.3. The van der Waals surface area contributed by atoms with Crippen LogP contribution < -0.4 is 0 Å². The molecule has 1 heteroatoms. The fourth-order valence-corrected chi connectivity index (χ4v) is 8.52. The predicted octanol–water partition coefficient (Wildman–Crippen LogP) is 14.4. The van der Waals surface area contributed by atoms with Gasteiger partial charge in [0.1, 0.15) is 11.2 Å². The molecule has 0 saturated heterocycles. The largest absolute Gasteiger partial charge is 0.455 e. The Kier molecular flexibility index (Phi) is 6.02. The number of hydrogen-bond donors (Lipinski definition) is 0. The van der Waals surface area contributed by atoms with Crippen molar-refractivity contribution in [1.29, 1.82) is 0 Å². The first kappa shape index (κ1) is 28.2. The van der Waals surface area contributed by atoms with Crippen molar-refractivity contribution < 1.29 is 4.42 Å². The lowest BCUT2D eigenvalue weighted by Gasteiger charge is -2.18. The first-order valence-corrected chi connectivity index (χ1v) is 17.6. The van der Waals surface area contributed by atoms with Crippen LogP contribution in [0.2, 0.25) is 0 Å². The summed E-state index contributed by atoms with van der Waals surface area (Å²) in [7, 11) is 0. The van der Waals surface area contributed by atoms with Crippen LogP contribution in [0.1, 0.15) is 0 Å². The fraction of sp³-hybridized carbons (Fsp3) is 0. The average Bonchev–Trinajstić information content (AvgIpc) is 3.59. The molecule has 0 spiro atoms. The maximum Gasteiger partial charge on any atom is 0.143 e. The molecular weight excluding hydrogens is 617 g/mol. The van der Waals surface area contributed by atoms with E-state index >= 15 is 0 Å². The van der Waals surface area contributed by atoms with E-state index in [1.165, 1.54) is 87.2 Å². The molecule has 0 saturated carbocycles. The monoisotopic (exact) mass is 646 g/mol. The lowest BCUT2D eigenvalue weighted by molar-refractivity contribution is 0.673. The standard InChI is InChI=1S/C50H30O/c1-2-12-31(13-3-1)32-22-23-34-29-35(25-24-33(34)28-32)47-40-17-7-9-19-42(40)48(43-20-10-8-18-41(43)47)36-26-27-46-45(30-36)49-39-16-6-4-14-37(39)38-15-5-11-21-44(38)50(49)51-46/h1-30H. The summed E-state index contributed by atoms with van der Waals surface area (Å²) in [5.41, 5.74) is 9.27. The second-order valence-corrected chi connectivity index (χ2v) is 13.6. The Morgan fingerprint density at radius 3 is 1.35 bits per heavy atom. The van der Waals surface area contributed by atoms with Crippen molar-refractivity contribution in [3.05, 3.63) is 182 Å². The van der Waals surface area contributed by atoms with Crippen molar-refractivity contribution in [3.8, 4) is 33.4 Å². The van der Waals surface area contributed by atoms with E-state index in [-0.39, 0.29) is 0 Å². The summed E-state index contributed by atoms with van der Waals surface area (Å²) in [6, 6.07) is 66.3. The van der Waals surface area contributed by atoms with Gasteiger partial charge in [0, 0.05) is 16.2 Å².